The van der Waals surface area contributed by atoms with Crippen molar-refractivity contribution in [3.05, 3.63) is 36.1 Å². The van der Waals surface area contributed by atoms with Gasteiger partial charge < -0.3 is 10.2 Å². The lowest BCUT2D eigenvalue weighted by Gasteiger charge is -2.04. The molecule has 0 aliphatic rings. The summed E-state index contributed by atoms with van der Waals surface area (Å²) in [6.07, 6.45) is 3.79. The Kier molecular flexibility index (Phi) is 2.55. The molecule has 0 spiro atoms. The van der Waals surface area contributed by atoms with E-state index in [1.165, 1.54) is 10.9 Å². The molecule has 1 unspecified atom stereocenters. The first-order valence-corrected chi connectivity index (χ1v) is 4.97. The van der Waals surface area contributed by atoms with Crippen molar-refractivity contribution >= 4 is 11.0 Å². The van der Waals surface area contributed by atoms with Crippen LogP contribution >= 0.6 is 0 Å². The minimum Gasteiger partial charge on any atom is -0.464 e. The minimum atomic E-state index is 0.273. The third-order valence-corrected chi connectivity index (χ3v) is 2.41. The zero-order chi connectivity index (χ0) is 9.97. The highest BCUT2D eigenvalue weighted by Gasteiger charge is 2.00. The van der Waals surface area contributed by atoms with Crippen molar-refractivity contribution in [2.24, 2.45) is 5.73 Å². The number of hydrogen-bond donors (Lipinski definition) is 1. The van der Waals surface area contributed by atoms with Gasteiger partial charge in [0.25, 0.3) is 0 Å². The van der Waals surface area contributed by atoms with E-state index in [0.29, 0.717) is 0 Å². The van der Waals surface area contributed by atoms with Crippen LogP contribution in [0.15, 0.2) is 34.9 Å². The molecule has 0 aliphatic carbocycles. The maximum atomic E-state index is 5.71. The van der Waals surface area contributed by atoms with Crippen LogP contribution in [0.25, 0.3) is 11.0 Å². The SMILES string of the molecule is CC(N)CCc1ccc2occc2c1. The molecule has 0 amide bonds. The lowest BCUT2D eigenvalue weighted by Crippen LogP contribution is -2.15. The monoisotopic (exact) mass is 189 g/mol. The van der Waals surface area contributed by atoms with Gasteiger partial charge in [0.05, 0.1) is 6.26 Å². The van der Waals surface area contributed by atoms with E-state index in [0.717, 1.165) is 18.4 Å². The number of nitrogens with two attached hydrogens (primary N) is 1. The fraction of sp³-hybridized carbons (Fsp3) is 0.333. The van der Waals surface area contributed by atoms with Crippen molar-refractivity contribution in [1.29, 1.82) is 0 Å². The van der Waals surface area contributed by atoms with E-state index in [9.17, 15) is 0 Å². The molecule has 1 aromatic carbocycles. The fourth-order valence-corrected chi connectivity index (χ4v) is 1.57. The van der Waals surface area contributed by atoms with Crippen molar-refractivity contribution in [1.82, 2.24) is 0 Å². The number of hydrogen-bond acceptors (Lipinski definition) is 2. The molecule has 2 aromatic rings. The number of aryl methyl sites for hydroxylation is 1. The Morgan fingerprint density at radius 2 is 2.21 bits per heavy atom. The van der Waals surface area contributed by atoms with Crippen molar-refractivity contribution in [3.8, 4) is 0 Å². The Hall–Kier alpha value is -1.28. The van der Waals surface area contributed by atoms with E-state index >= 15 is 0 Å². The van der Waals surface area contributed by atoms with Crippen LogP contribution in [0.3, 0.4) is 0 Å². The molecule has 1 heterocycles. The first-order valence-electron chi connectivity index (χ1n) is 4.97. The third-order valence-electron chi connectivity index (χ3n) is 2.41. The summed E-state index contributed by atoms with van der Waals surface area (Å²) in [7, 11) is 0. The molecule has 2 nitrogen and oxygen atoms in total. The summed E-state index contributed by atoms with van der Waals surface area (Å²) >= 11 is 0. The molecule has 2 N–H and O–H groups in total. The second-order valence-corrected chi connectivity index (χ2v) is 3.81. The summed E-state index contributed by atoms with van der Waals surface area (Å²) in [5.74, 6) is 0. The highest BCUT2D eigenvalue weighted by Crippen LogP contribution is 2.17. The molecule has 0 saturated heterocycles. The van der Waals surface area contributed by atoms with Crippen molar-refractivity contribution in [2.45, 2.75) is 25.8 Å². The quantitative estimate of drug-likeness (QED) is 0.806. The van der Waals surface area contributed by atoms with Gasteiger partial charge in [-0.2, -0.15) is 0 Å². The number of furan rings is 1. The van der Waals surface area contributed by atoms with Gasteiger partial charge in [0.2, 0.25) is 0 Å². The molecule has 0 saturated carbocycles. The van der Waals surface area contributed by atoms with Crippen LogP contribution < -0.4 is 5.73 Å². The van der Waals surface area contributed by atoms with Crippen LogP contribution in [0.5, 0.6) is 0 Å². The molecule has 74 valence electrons. The molecule has 2 heteroatoms. The van der Waals surface area contributed by atoms with Gasteiger partial charge in [0.1, 0.15) is 5.58 Å². The van der Waals surface area contributed by atoms with E-state index in [-0.39, 0.29) is 6.04 Å². The summed E-state index contributed by atoms with van der Waals surface area (Å²) in [6.45, 7) is 2.04. The average Bonchev–Trinajstić information content (AvgIpc) is 2.61. The zero-order valence-electron chi connectivity index (χ0n) is 8.36. The first-order chi connectivity index (χ1) is 6.75. The highest BCUT2D eigenvalue weighted by atomic mass is 16.3. The lowest BCUT2D eigenvalue weighted by molar-refractivity contribution is 0.615. The van der Waals surface area contributed by atoms with E-state index in [2.05, 4.69) is 12.1 Å². The van der Waals surface area contributed by atoms with Gasteiger partial charge in [0, 0.05) is 11.4 Å². The number of benzene rings is 1. The van der Waals surface area contributed by atoms with Gasteiger partial charge in [-0.25, -0.2) is 0 Å². The first kappa shape index (κ1) is 9.28. The lowest BCUT2D eigenvalue weighted by atomic mass is 10.1. The topological polar surface area (TPSA) is 39.2 Å². The molecule has 0 aliphatic heterocycles. The molecule has 1 atom stereocenters. The van der Waals surface area contributed by atoms with Crippen LogP contribution in [-0.4, -0.2) is 6.04 Å². The predicted octanol–water partition coefficient (Wildman–Crippen LogP) is 2.71. The third kappa shape index (κ3) is 1.96. The summed E-state index contributed by atoms with van der Waals surface area (Å²) in [5.41, 5.74) is 8.00. The van der Waals surface area contributed by atoms with Gasteiger partial charge in [-0.05, 0) is 43.5 Å². The maximum Gasteiger partial charge on any atom is 0.133 e. The average molecular weight is 189 g/mol. The Morgan fingerprint density at radius 1 is 1.36 bits per heavy atom. The van der Waals surface area contributed by atoms with Crippen molar-refractivity contribution in [2.75, 3.05) is 0 Å². The molecule has 14 heavy (non-hydrogen) atoms. The normalized spacial score (nSPS) is 13.3. The van der Waals surface area contributed by atoms with Gasteiger partial charge in [-0.3, -0.25) is 0 Å². The fourth-order valence-electron chi connectivity index (χ4n) is 1.57. The summed E-state index contributed by atoms with van der Waals surface area (Å²) < 4.78 is 5.27. The van der Waals surface area contributed by atoms with Crippen LogP contribution in [0, 0.1) is 0 Å². The Morgan fingerprint density at radius 3 is 3.00 bits per heavy atom. The second kappa shape index (κ2) is 3.84. The highest BCUT2D eigenvalue weighted by molar-refractivity contribution is 5.77. The van der Waals surface area contributed by atoms with E-state index in [1.54, 1.807) is 6.26 Å². The van der Waals surface area contributed by atoms with E-state index < -0.39 is 0 Å². The summed E-state index contributed by atoms with van der Waals surface area (Å²) in [6, 6.07) is 8.56. The minimum absolute atomic E-state index is 0.273. The molecule has 1 aromatic heterocycles. The Balaban J connectivity index is 2.17. The summed E-state index contributed by atoms with van der Waals surface area (Å²) in [5, 5.41) is 1.17. The van der Waals surface area contributed by atoms with Crippen LogP contribution in [0.4, 0.5) is 0 Å². The van der Waals surface area contributed by atoms with Gasteiger partial charge in [-0.15, -0.1) is 0 Å². The van der Waals surface area contributed by atoms with Crippen LogP contribution in [0.2, 0.25) is 0 Å². The smallest absolute Gasteiger partial charge is 0.133 e. The Labute approximate surface area is 83.7 Å². The molecule has 0 fully saturated rings. The largest absolute Gasteiger partial charge is 0.464 e. The van der Waals surface area contributed by atoms with Gasteiger partial charge >= 0.3 is 0 Å². The number of fused-ring (bicyclic) bond motifs is 1. The van der Waals surface area contributed by atoms with Crippen LogP contribution in [0.1, 0.15) is 18.9 Å². The van der Waals surface area contributed by atoms with Gasteiger partial charge in [0.15, 0.2) is 0 Å². The predicted molar refractivity (Wildman–Crippen MR) is 58.2 cm³/mol. The molecule has 0 bridgehead atoms. The van der Waals surface area contributed by atoms with E-state index in [1.807, 2.05) is 19.1 Å². The number of rotatable bonds is 3. The molecule has 2 rings (SSSR count). The molecular formula is C12H15NO. The standard InChI is InChI=1S/C12H15NO/c1-9(13)2-3-10-4-5-12-11(8-10)6-7-14-12/h4-9H,2-3,13H2,1H3. The van der Waals surface area contributed by atoms with Gasteiger partial charge in [-0.1, -0.05) is 6.07 Å². The van der Waals surface area contributed by atoms with Crippen molar-refractivity contribution in [3.63, 3.8) is 0 Å². The Bertz CT molecular complexity index is 417. The maximum absolute atomic E-state index is 5.71. The molecule has 0 radical (unpaired) electrons. The van der Waals surface area contributed by atoms with E-state index in [4.69, 9.17) is 10.2 Å². The van der Waals surface area contributed by atoms with Crippen LogP contribution in [-0.2, 0) is 6.42 Å². The second-order valence-electron chi connectivity index (χ2n) is 3.81. The van der Waals surface area contributed by atoms with Crippen molar-refractivity contribution < 1.29 is 4.42 Å². The zero-order valence-corrected chi connectivity index (χ0v) is 8.36. The summed E-state index contributed by atoms with van der Waals surface area (Å²) in [4.78, 5) is 0. The molecular weight excluding hydrogens is 174 g/mol.